The summed E-state index contributed by atoms with van der Waals surface area (Å²) in [5.74, 6) is 0.707. The molecule has 3 N–H and O–H groups in total. The number of anilines is 2. The van der Waals surface area contributed by atoms with Crippen LogP contribution in [0.15, 0.2) is 0 Å². The average molecular weight is 312 g/mol. The van der Waals surface area contributed by atoms with Gasteiger partial charge in [-0.2, -0.15) is 0 Å². The van der Waals surface area contributed by atoms with Crippen molar-refractivity contribution in [2.75, 3.05) is 24.2 Å². The zero-order valence-corrected chi connectivity index (χ0v) is 14.6. The molecule has 0 fully saturated rings. The lowest BCUT2D eigenvalue weighted by molar-refractivity contribution is 0.0930. The molecular formula is C15H28N4OS. The summed E-state index contributed by atoms with van der Waals surface area (Å²) in [5.41, 5.74) is 5.90. The van der Waals surface area contributed by atoms with Crippen LogP contribution in [0.25, 0.3) is 0 Å². The molecule has 1 aromatic heterocycles. The molecule has 1 atom stereocenters. The fraction of sp³-hybridized carbons (Fsp3) is 0.733. The summed E-state index contributed by atoms with van der Waals surface area (Å²) >= 11 is 1.36. The maximum absolute atomic E-state index is 12.4. The van der Waals surface area contributed by atoms with E-state index in [2.05, 4.69) is 38.0 Å². The lowest BCUT2D eigenvalue weighted by atomic mass is 9.95. The van der Waals surface area contributed by atoms with Crippen molar-refractivity contribution in [1.82, 2.24) is 10.3 Å². The molecule has 0 radical (unpaired) electrons. The van der Waals surface area contributed by atoms with Crippen LogP contribution in [0.5, 0.6) is 0 Å². The molecule has 5 nitrogen and oxygen atoms in total. The molecule has 0 saturated heterocycles. The number of nitrogen functional groups attached to an aromatic ring is 1. The maximum Gasteiger partial charge on any atom is 0.265 e. The fourth-order valence-electron chi connectivity index (χ4n) is 2.46. The minimum atomic E-state index is -0.111. The van der Waals surface area contributed by atoms with Crippen molar-refractivity contribution < 1.29 is 4.79 Å². The van der Waals surface area contributed by atoms with Gasteiger partial charge in [-0.1, -0.05) is 44.9 Å². The van der Waals surface area contributed by atoms with Crippen LogP contribution in [0, 0.1) is 5.92 Å². The van der Waals surface area contributed by atoms with Crippen molar-refractivity contribution in [1.29, 1.82) is 0 Å². The summed E-state index contributed by atoms with van der Waals surface area (Å²) in [7, 11) is 1.97. The molecule has 0 aliphatic heterocycles. The largest absolute Gasteiger partial charge is 0.382 e. The number of aromatic nitrogens is 1. The van der Waals surface area contributed by atoms with E-state index in [4.69, 9.17) is 5.73 Å². The number of carbonyl (C=O) groups excluding carboxylic acids is 1. The van der Waals surface area contributed by atoms with Gasteiger partial charge in [0.25, 0.3) is 5.91 Å². The van der Waals surface area contributed by atoms with Crippen LogP contribution in [-0.2, 0) is 0 Å². The molecule has 0 aromatic carbocycles. The second kappa shape index (κ2) is 8.22. The number of nitrogens with two attached hydrogens (primary N) is 1. The lowest BCUT2D eigenvalue weighted by Crippen LogP contribution is -2.37. The first kappa shape index (κ1) is 17.8. The summed E-state index contributed by atoms with van der Waals surface area (Å²) in [6, 6.07) is 0.144. The Hall–Kier alpha value is -1.30. The number of thiazole rings is 1. The Morgan fingerprint density at radius 3 is 2.52 bits per heavy atom. The van der Waals surface area contributed by atoms with Crippen molar-refractivity contribution >= 4 is 28.2 Å². The van der Waals surface area contributed by atoms with Gasteiger partial charge in [0.05, 0.1) is 0 Å². The second-order valence-electron chi connectivity index (χ2n) is 5.47. The summed E-state index contributed by atoms with van der Waals surface area (Å²) in [6.45, 7) is 9.36. The molecule has 0 aliphatic carbocycles. The van der Waals surface area contributed by atoms with Crippen molar-refractivity contribution in [3.8, 4) is 0 Å². The van der Waals surface area contributed by atoms with Gasteiger partial charge in [-0.3, -0.25) is 4.79 Å². The highest BCUT2D eigenvalue weighted by Crippen LogP contribution is 2.27. The standard InChI is InChI=1S/C15H28N4OS/c1-6-9-19(5)15-18-13(16)12(21-15)14(20)17-10(4)11(7-2)8-3/h10-11H,6-9,16H2,1-5H3,(H,17,20). The Balaban J connectivity index is 2.79. The van der Waals surface area contributed by atoms with Gasteiger partial charge < -0.3 is 16.0 Å². The summed E-state index contributed by atoms with van der Waals surface area (Å²) in [6.07, 6.45) is 3.14. The zero-order chi connectivity index (χ0) is 16.0. The zero-order valence-electron chi connectivity index (χ0n) is 13.8. The summed E-state index contributed by atoms with van der Waals surface area (Å²) < 4.78 is 0. The lowest BCUT2D eigenvalue weighted by Gasteiger charge is -2.22. The Labute approximate surface area is 131 Å². The summed E-state index contributed by atoms with van der Waals surface area (Å²) in [5, 5.41) is 3.86. The average Bonchev–Trinajstić information content (AvgIpc) is 2.82. The highest BCUT2D eigenvalue weighted by atomic mass is 32.1. The van der Waals surface area contributed by atoms with Gasteiger partial charge in [-0.05, 0) is 19.3 Å². The maximum atomic E-state index is 12.4. The number of carbonyl (C=O) groups is 1. The number of nitrogens with zero attached hydrogens (tertiary/aromatic N) is 2. The van der Waals surface area contributed by atoms with Gasteiger partial charge in [0.1, 0.15) is 10.7 Å². The monoisotopic (exact) mass is 312 g/mol. The van der Waals surface area contributed by atoms with Gasteiger partial charge in [0.2, 0.25) is 0 Å². The molecule has 1 amide bonds. The van der Waals surface area contributed by atoms with E-state index in [1.54, 1.807) is 0 Å². The predicted octanol–water partition coefficient (Wildman–Crippen LogP) is 3.13. The fourth-order valence-corrected chi connectivity index (χ4v) is 3.34. The van der Waals surface area contributed by atoms with Gasteiger partial charge >= 0.3 is 0 Å². The van der Waals surface area contributed by atoms with Crippen LogP contribution in [0.2, 0.25) is 0 Å². The highest BCUT2D eigenvalue weighted by Gasteiger charge is 2.21. The van der Waals surface area contributed by atoms with Gasteiger partial charge in [0.15, 0.2) is 5.13 Å². The molecule has 21 heavy (non-hydrogen) atoms. The van der Waals surface area contributed by atoms with Crippen molar-refractivity contribution in [2.45, 2.75) is 53.0 Å². The van der Waals surface area contributed by atoms with Crippen LogP contribution < -0.4 is 16.0 Å². The third-order valence-corrected chi connectivity index (χ3v) is 5.03. The Morgan fingerprint density at radius 1 is 1.38 bits per heavy atom. The van der Waals surface area contributed by atoms with Crippen LogP contribution in [0.4, 0.5) is 10.9 Å². The molecule has 1 heterocycles. The third kappa shape index (κ3) is 4.59. The molecular weight excluding hydrogens is 284 g/mol. The summed E-state index contributed by atoms with van der Waals surface area (Å²) in [4.78, 5) is 19.2. The molecule has 0 spiro atoms. The minimum Gasteiger partial charge on any atom is -0.382 e. The Morgan fingerprint density at radius 2 is 2.00 bits per heavy atom. The Bertz CT molecular complexity index is 457. The van der Waals surface area contributed by atoms with Gasteiger partial charge in [-0.15, -0.1) is 0 Å². The van der Waals surface area contributed by atoms with E-state index in [9.17, 15) is 4.79 Å². The Kier molecular flexibility index (Phi) is 6.95. The van der Waals surface area contributed by atoms with Crippen molar-refractivity contribution in [2.24, 2.45) is 5.92 Å². The molecule has 1 aromatic rings. The molecule has 1 rings (SSSR count). The quantitative estimate of drug-likeness (QED) is 0.773. The van der Waals surface area contributed by atoms with Crippen LogP contribution in [-0.4, -0.2) is 30.5 Å². The predicted molar refractivity (Wildman–Crippen MR) is 91.1 cm³/mol. The molecule has 1 unspecified atom stereocenters. The van der Waals surface area contributed by atoms with Crippen molar-refractivity contribution in [3.05, 3.63) is 4.88 Å². The molecule has 0 aliphatic rings. The van der Waals surface area contributed by atoms with E-state index < -0.39 is 0 Å². The second-order valence-corrected chi connectivity index (χ2v) is 6.45. The molecule has 0 bridgehead atoms. The van der Waals surface area contributed by atoms with Crippen LogP contribution in [0.3, 0.4) is 0 Å². The number of nitrogens with one attached hydrogen (secondary N) is 1. The smallest absolute Gasteiger partial charge is 0.265 e. The first-order valence-electron chi connectivity index (χ1n) is 7.72. The number of rotatable bonds is 8. The first-order chi connectivity index (χ1) is 9.94. The van der Waals surface area contributed by atoms with Crippen LogP contribution in [0.1, 0.15) is 56.6 Å². The van der Waals surface area contributed by atoms with E-state index in [0.29, 0.717) is 16.6 Å². The normalized spacial score (nSPS) is 12.5. The van der Waals surface area contributed by atoms with E-state index in [1.807, 2.05) is 11.9 Å². The molecule has 0 saturated carbocycles. The van der Waals surface area contributed by atoms with Crippen LogP contribution >= 0.6 is 11.3 Å². The number of hydrogen-bond acceptors (Lipinski definition) is 5. The van der Waals surface area contributed by atoms with Gasteiger partial charge in [0, 0.05) is 19.6 Å². The van der Waals surface area contributed by atoms with Gasteiger partial charge in [-0.25, -0.2) is 4.98 Å². The van der Waals surface area contributed by atoms with E-state index in [-0.39, 0.29) is 11.9 Å². The van der Waals surface area contributed by atoms with Crippen molar-refractivity contribution in [3.63, 3.8) is 0 Å². The SMILES string of the molecule is CCCN(C)c1nc(N)c(C(=O)NC(C)C(CC)CC)s1. The number of hydrogen-bond donors (Lipinski definition) is 2. The third-order valence-electron chi connectivity index (χ3n) is 3.85. The molecule has 120 valence electrons. The van der Waals surface area contributed by atoms with E-state index in [1.165, 1.54) is 11.3 Å². The molecule has 6 heteroatoms. The first-order valence-corrected chi connectivity index (χ1v) is 8.54. The minimum absolute atomic E-state index is 0.111. The van der Waals surface area contributed by atoms with E-state index in [0.717, 1.165) is 30.9 Å². The topological polar surface area (TPSA) is 71.2 Å². The highest BCUT2D eigenvalue weighted by molar-refractivity contribution is 7.18. The van der Waals surface area contributed by atoms with E-state index >= 15 is 0 Å². The number of amides is 1.